The molecule has 0 atom stereocenters. The van der Waals surface area contributed by atoms with Crippen LogP contribution in [-0.2, 0) is 0 Å². The number of benzene rings is 1. The van der Waals surface area contributed by atoms with Gasteiger partial charge in [-0.05, 0) is 57.2 Å². The standard InChI is InChI=1S/C14H18BrNO/c1-9-4-5-10(8-12(9)15)13(17)16-14(2,3)11-6-7-11/h4-5,8,11H,6-7H2,1-3H3,(H,16,17). The fourth-order valence-corrected chi connectivity index (χ4v) is 2.38. The minimum atomic E-state index is -0.0888. The van der Waals surface area contributed by atoms with Gasteiger partial charge in [-0.1, -0.05) is 22.0 Å². The Hall–Kier alpha value is -0.830. The lowest BCUT2D eigenvalue weighted by Crippen LogP contribution is -2.45. The molecule has 17 heavy (non-hydrogen) atoms. The van der Waals surface area contributed by atoms with Crippen LogP contribution in [0.4, 0.5) is 0 Å². The van der Waals surface area contributed by atoms with Crippen LogP contribution in [0.25, 0.3) is 0 Å². The van der Waals surface area contributed by atoms with Gasteiger partial charge in [-0.25, -0.2) is 0 Å². The fraction of sp³-hybridized carbons (Fsp3) is 0.500. The molecule has 1 N–H and O–H groups in total. The Balaban J connectivity index is 2.11. The maximum atomic E-state index is 12.1. The van der Waals surface area contributed by atoms with Crippen LogP contribution in [-0.4, -0.2) is 11.4 Å². The molecule has 0 unspecified atom stereocenters. The Labute approximate surface area is 111 Å². The zero-order chi connectivity index (χ0) is 12.6. The molecule has 0 spiro atoms. The molecule has 0 radical (unpaired) electrons. The summed E-state index contributed by atoms with van der Waals surface area (Å²) in [5.74, 6) is 0.655. The van der Waals surface area contributed by atoms with Gasteiger partial charge >= 0.3 is 0 Å². The summed E-state index contributed by atoms with van der Waals surface area (Å²) in [6.45, 7) is 6.22. The van der Waals surface area contributed by atoms with Gasteiger partial charge in [0.1, 0.15) is 0 Å². The summed E-state index contributed by atoms with van der Waals surface area (Å²) in [4.78, 5) is 12.1. The lowest BCUT2D eigenvalue weighted by molar-refractivity contribution is 0.0903. The molecule has 1 aromatic carbocycles. The maximum absolute atomic E-state index is 12.1. The van der Waals surface area contributed by atoms with Crippen molar-refractivity contribution in [3.8, 4) is 0 Å². The van der Waals surface area contributed by atoms with Crippen molar-refractivity contribution in [2.45, 2.75) is 39.2 Å². The molecule has 1 aromatic rings. The summed E-state index contributed by atoms with van der Waals surface area (Å²) in [5, 5.41) is 3.12. The Morgan fingerprint density at radius 3 is 2.59 bits per heavy atom. The Morgan fingerprint density at radius 1 is 1.41 bits per heavy atom. The summed E-state index contributed by atoms with van der Waals surface area (Å²) in [6, 6.07) is 5.72. The van der Waals surface area contributed by atoms with Gasteiger partial charge in [-0.15, -0.1) is 0 Å². The smallest absolute Gasteiger partial charge is 0.251 e. The largest absolute Gasteiger partial charge is 0.347 e. The van der Waals surface area contributed by atoms with Crippen LogP contribution in [0.2, 0.25) is 0 Å². The first-order chi connectivity index (χ1) is 7.90. The van der Waals surface area contributed by atoms with Gasteiger partial charge in [-0.3, -0.25) is 4.79 Å². The number of carbonyl (C=O) groups is 1. The quantitative estimate of drug-likeness (QED) is 0.906. The number of aryl methyl sites for hydroxylation is 1. The second-order valence-corrected chi connectivity index (χ2v) is 6.27. The van der Waals surface area contributed by atoms with Crippen LogP contribution in [0.1, 0.15) is 42.6 Å². The minimum Gasteiger partial charge on any atom is -0.347 e. The van der Waals surface area contributed by atoms with Crippen molar-refractivity contribution in [3.05, 3.63) is 33.8 Å². The van der Waals surface area contributed by atoms with Crippen molar-refractivity contribution in [2.75, 3.05) is 0 Å². The van der Waals surface area contributed by atoms with Crippen molar-refractivity contribution >= 4 is 21.8 Å². The predicted molar refractivity (Wildman–Crippen MR) is 73.1 cm³/mol. The van der Waals surface area contributed by atoms with Crippen LogP contribution in [0.15, 0.2) is 22.7 Å². The van der Waals surface area contributed by atoms with E-state index >= 15 is 0 Å². The average Bonchev–Trinajstić information content (AvgIpc) is 3.04. The summed E-state index contributed by atoms with van der Waals surface area (Å²) < 4.78 is 0.981. The van der Waals surface area contributed by atoms with E-state index in [1.54, 1.807) is 0 Å². The van der Waals surface area contributed by atoms with Crippen LogP contribution in [0.5, 0.6) is 0 Å². The third-order valence-corrected chi connectivity index (χ3v) is 4.32. The van der Waals surface area contributed by atoms with Crippen molar-refractivity contribution in [1.29, 1.82) is 0 Å². The van der Waals surface area contributed by atoms with Crippen LogP contribution in [0.3, 0.4) is 0 Å². The maximum Gasteiger partial charge on any atom is 0.251 e. The summed E-state index contributed by atoms with van der Waals surface area (Å²) in [5.41, 5.74) is 1.77. The van der Waals surface area contributed by atoms with Gasteiger partial charge in [0.2, 0.25) is 0 Å². The van der Waals surface area contributed by atoms with Crippen molar-refractivity contribution in [3.63, 3.8) is 0 Å². The average molecular weight is 296 g/mol. The van der Waals surface area contributed by atoms with Gasteiger partial charge in [0.25, 0.3) is 5.91 Å². The molecule has 3 heteroatoms. The highest BCUT2D eigenvalue weighted by molar-refractivity contribution is 9.10. The molecule has 0 saturated heterocycles. The van der Waals surface area contributed by atoms with E-state index in [2.05, 4.69) is 35.1 Å². The molecular weight excluding hydrogens is 278 g/mol. The molecule has 0 aromatic heterocycles. The minimum absolute atomic E-state index is 0.0163. The number of halogens is 1. The van der Waals surface area contributed by atoms with Crippen molar-refractivity contribution < 1.29 is 4.79 Å². The zero-order valence-corrected chi connectivity index (χ0v) is 12.1. The monoisotopic (exact) mass is 295 g/mol. The predicted octanol–water partition coefficient (Wildman–Crippen LogP) is 3.68. The number of hydrogen-bond acceptors (Lipinski definition) is 1. The first-order valence-corrected chi connectivity index (χ1v) is 6.78. The Kier molecular flexibility index (Phi) is 3.30. The topological polar surface area (TPSA) is 29.1 Å². The Morgan fingerprint density at radius 2 is 2.06 bits per heavy atom. The molecule has 0 heterocycles. The summed E-state index contributed by atoms with van der Waals surface area (Å²) >= 11 is 3.46. The lowest BCUT2D eigenvalue weighted by Gasteiger charge is -2.26. The highest BCUT2D eigenvalue weighted by atomic mass is 79.9. The van der Waals surface area contributed by atoms with Gasteiger partial charge < -0.3 is 5.32 Å². The summed E-state index contributed by atoms with van der Waals surface area (Å²) in [6.07, 6.45) is 2.45. The van der Waals surface area contributed by atoms with Crippen LogP contribution in [0, 0.1) is 12.8 Å². The van der Waals surface area contributed by atoms with Gasteiger partial charge in [0.15, 0.2) is 0 Å². The highest BCUT2D eigenvalue weighted by Gasteiger charge is 2.38. The van der Waals surface area contributed by atoms with Crippen molar-refractivity contribution in [1.82, 2.24) is 5.32 Å². The van der Waals surface area contributed by atoms with Crippen molar-refractivity contribution in [2.24, 2.45) is 5.92 Å². The molecule has 1 aliphatic carbocycles. The molecule has 92 valence electrons. The second-order valence-electron chi connectivity index (χ2n) is 5.41. The molecule has 1 fully saturated rings. The first kappa shape index (κ1) is 12.6. The molecule has 1 amide bonds. The van der Waals surface area contributed by atoms with Gasteiger partial charge in [-0.2, -0.15) is 0 Å². The molecule has 0 aliphatic heterocycles. The van der Waals surface area contributed by atoms with Gasteiger partial charge in [0, 0.05) is 15.6 Å². The van der Waals surface area contributed by atoms with Crippen LogP contribution >= 0.6 is 15.9 Å². The van der Waals surface area contributed by atoms with E-state index < -0.39 is 0 Å². The van der Waals surface area contributed by atoms with E-state index in [0.29, 0.717) is 5.92 Å². The third kappa shape index (κ3) is 2.89. The van der Waals surface area contributed by atoms with E-state index in [0.717, 1.165) is 15.6 Å². The molecule has 2 rings (SSSR count). The third-order valence-electron chi connectivity index (χ3n) is 3.47. The summed E-state index contributed by atoms with van der Waals surface area (Å²) in [7, 11) is 0. The highest BCUT2D eigenvalue weighted by Crippen LogP contribution is 2.39. The van der Waals surface area contributed by atoms with E-state index in [1.807, 2.05) is 25.1 Å². The molecule has 1 aliphatic rings. The van der Waals surface area contributed by atoms with E-state index in [9.17, 15) is 4.79 Å². The normalized spacial score (nSPS) is 15.8. The molecule has 2 nitrogen and oxygen atoms in total. The SMILES string of the molecule is Cc1ccc(C(=O)NC(C)(C)C2CC2)cc1Br. The molecule has 1 saturated carbocycles. The number of rotatable bonds is 3. The second kappa shape index (κ2) is 4.45. The zero-order valence-electron chi connectivity index (χ0n) is 10.5. The number of hydrogen-bond donors (Lipinski definition) is 1. The van der Waals surface area contributed by atoms with E-state index in [1.165, 1.54) is 12.8 Å². The fourth-order valence-electron chi connectivity index (χ4n) is 2.01. The molecule has 0 bridgehead atoms. The number of carbonyl (C=O) groups excluding carboxylic acids is 1. The van der Waals surface area contributed by atoms with E-state index in [-0.39, 0.29) is 11.4 Å². The van der Waals surface area contributed by atoms with E-state index in [4.69, 9.17) is 0 Å². The van der Waals surface area contributed by atoms with Gasteiger partial charge in [0.05, 0.1) is 0 Å². The first-order valence-electron chi connectivity index (χ1n) is 5.99. The Bertz CT molecular complexity index is 450. The lowest BCUT2D eigenvalue weighted by atomic mass is 9.98. The van der Waals surface area contributed by atoms with Crippen LogP contribution < -0.4 is 5.32 Å². The molecular formula is C14H18BrNO. The number of amides is 1. The number of nitrogens with one attached hydrogen (secondary N) is 1.